The molecule has 0 saturated heterocycles. The van der Waals surface area contributed by atoms with Gasteiger partial charge in [-0.25, -0.2) is 0 Å². The van der Waals surface area contributed by atoms with Gasteiger partial charge in [0, 0.05) is 29.5 Å². The standard InChI is InChI=1S/C16H16ClN5OS/c1-9-2-5-11(17)8-12(9)18-13(23)6-7-14-21-22-15(10-3-4-10)19-20-16(22)24-14/h2,5,8,10H,3-4,6-7H2,1H3,(H,18,23). The fourth-order valence-electron chi connectivity index (χ4n) is 2.53. The van der Waals surface area contributed by atoms with Crippen LogP contribution < -0.4 is 5.32 Å². The minimum atomic E-state index is -0.0475. The first kappa shape index (κ1) is 15.5. The number of fused-ring (bicyclic) bond motifs is 1. The fourth-order valence-corrected chi connectivity index (χ4v) is 3.54. The molecule has 2 heterocycles. The molecule has 1 saturated carbocycles. The third-order valence-electron chi connectivity index (χ3n) is 4.04. The Labute approximate surface area is 147 Å². The van der Waals surface area contributed by atoms with Gasteiger partial charge < -0.3 is 5.32 Å². The zero-order valence-corrected chi connectivity index (χ0v) is 14.7. The predicted octanol–water partition coefficient (Wildman–Crippen LogP) is 3.60. The first-order chi connectivity index (χ1) is 11.6. The topological polar surface area (TPSA) is 72.2 Å². The molecule has 1 aromatic carbocycles. The number of rotatable bonds is 5. The summed E-state index contributed by atoms with van der Waals surface area (Å²) in [6.07, 6.45) is 3.28. The number of aromatic nitrogens is 4. The Bertz CT molecular complexity index is 914. The van der Waals surface area contributed by atoms with Gasteiger partial charge in [0.25, 0.3) is 0 Å². The lowest BCUT2D eigenvalue weighted by Crippen LogP contribution is -2.13. The number of amides is 1. The zero-order chi connectivity index (χ0) is 16.7. The number of benzene rings is 1. The lowest BCUT2D eigenvalue weighted by molar-refractivity contribution is -0.116. The summed E-state index contributed by atoms with van der Waals surface area (Å²) >= 11 is 7.47. The van der Waals surface area contributed by atoms with E-state index in [-0.39, 0.29) is 5.91 Å². The van der Waals surface area contributed by atoms with E-state index < -0.39 is 0 Å². The SMILES string of the molecule is Cc1ccc(Cl)cc1NC(=O)CCc1nn2c(C3CC3)nnc2s1. The summed E-state index contributed by atoms with van der Waals surface area (Å²) in [5, 5.41) is 17.3. The van der Waals surface area contributed by atoms with Gasteiger partial charge in [-0.15, -0.1) is 10.2 Å². The van der Waals surface area contributed by atoms with E-state index in [4.69, 9.17) is 11.6 Å². The van der Waals surface area contributed by atoms with Crippen LogP contribution in [0.1, 0.15) is 41.6 Å². The van der Waals surface area contributed by atoms with Gasteiger partial charge in [-0.3, -0.25) is 4.79 Å². The zero-order valence-electron chi connectivity index (χ0n) is 13.1. The molecule has 1 amide bonds. The molecule has 0 bridgehead atoms. The van der Waals surface area contributed by atoms with Crippen LogP contribution in [0.4, 0.5) is 5.69 Å². The molecule has 1 fully saturated rings. The van der Waals surface area contributed by atoms with Crippen LogP contribution in [0.2, 0.25) is 5.02 Å². The molecule has 2 aromatic heterocycles. The van der Waals surface area contributed by atoms with Crippen molar-refractivity contribution < 1.29 is 4.79 Å². The second-order valence-electron chi connectivity index (χ2n) is 6.03. The number of hydrogen-bond acceptors (Lipinski definition) is 5. The maximum absolute atomic E-state index is 12.2. The number of carbonyl (C=O) groups excluding carboxylic acids is 1. The minimum Gasteiger partial charge on any atom is -0.326 e. The molecular weight excluding hydrogens is 346 g/mol. The van der Waals surface area contributed by atoms with Crippen molar-refractivity contribution in [3.8, 4) is 0 Å². The largest absolute Gasteiger partial charge is 0.326 e. The molecule has 8 heteroatoms. The second-order valence-corrected chi connectivity index (χ2v) is 7.51. The van der Waals surface area contributed by atoms with Gasteiger partial charge in [-0.05, 0) is 37.5 Å². The van der Waals surface area contributed by atoms with Crippen molar-refractivity contribution in [3.05, 3.63) is 39.6 Å². The number of halogens is 1. The number of anilines is 1. The first-order valence-electron chi connectivity index (χ1n) is 7.87. The molecule has 1 aliphatic carbocycles. The fraction of sp³-hybridized carbons (Fsp3) is 0.375. The smallest absolute Gasteiger partial charge is 0.234 e. The molecule has 0 atom stereocenters. The Kier molecular flexibility index (Phi) is 3.97. The summed E-state index contributed by atoms with van der Waals surface area (Å²) in [6.45, 7) is 1.94. The third kappa shape index (κ3) is 3.14. The second kappa shape index (κ2) is 6.14. The lowest BCUT2D eigenvalue weighted by atomic mass is 10.2. The molecule has 0 radical (unpaired) electrons. The van der Waals surface area contributed by atoms with Gasteiger partial charge in [0.2, 0.25) is 10.9 Å². The number of nitrogens with zero attached hydrogens (tertiary/aromatic N) is 4. The molecule has 3 aromatic rings. The summed E-state index contributed by atoms with van der Waals surface area (Å²) in [6, 6.07) is 5.46. The molecule has 0 unspecified atom stereocenters. The van der Waals surface area contributed by atoms with Gasteiger partial charge in [0.15, 0.2) is 5.82 Å². The van der Waals surface area contributed by atoms with Crippen molar-refractivity contribution in [2.45, 2.75) is 38.5 Å². The quantitative estimate of drug-likeness (QED) is 0.753. The molecule has 6 nitrogen and oxygen atoms in total. The van der Waals surface area contributed by atoms with Gasteiger partial charge in [-0.2, -0.15) is 9.61 Å². The Hall–Kier alpha value is -1.99. The van der Waals surface area contributed by atoms with Crippen LogP contribution in [-0.4, -0.2) is 25.7 Å². The summed E-state index contributed by atoms with van der Waals surface area (Å²) < 4.78 is 1.83. The van der Waals surface area contributed by atoms with E-state index in [0.29, 0.717) is 23.8 Å². The Balaban J connectivity index is 1.41. The monoisotopic (exact) mass is 361 g/mol. The van der Waals surface area contributed by atoms with E-state index in [9.17, 15) is 4.79 Å². The van der Waals surface area contributed by atoms with E-state index >= 15 is 0 Å². The van der Waals surface area contributed by atoms with Crippen LogP contribution >= 0.6 is 22.9 Å². The van der Waals surface area contributed by atoms with E-state index in [1.807, 2.05) is 23.6 Å². The van der Waals surface area contributed by atoms with Crippen LogP contribution in [-0.2, 0) is 11.2 Å². The van der Waals surface area contributed by atoms with Crippen molar-refractivity contribution in [2.24, 2.45) is 0 Å². The number of carbonyl (C=O) groups is 1. The van der Waals surface area contributed by atoms with Crippen molar-refractivity contribution in [2.75, 3.05) is 5.32 Å². The van der Waals surface area contributed by atoms with Crippen LogP contribution in [0.3, 0.4) is 0 Å². The molecular formula is C16H16ClN5OS. The molecule has 4 rings (SSSR count). The highest BCUT2D eigenvalue weighted by Gasteiger charge is 2.30. The highest BCUT2D eigenvalue weighted by molar-refractivity contribution is 7.16. The average Bonchev–Trinajstić information content (AvgIpc) is 3.18. The number of nitrogens with one attached hydrogen (secondary N) is 1. The maximum atomic E-state index is 12.2. The Morgan fingerprint density at radius 2 is 2.25 bits per heavy atom. The van der Waals surface area contributed by atoms with E-state index in [1.54, 1.807) is 6.07 Å². The molecule has 0 aliphatic heterocycles. The molecule has 0 spiro atoms. The highest BCUT2D eigenvalue weighted by atomic mass is 35.5. The minimum absolute atomic E-state index is 0.0475. The van der Waals surface area contributed by atoms with Crippen LogP contribution in [0.15, 0.2) is 18.2 Å². The maximum Gasteiger partial charge on any atom is 0.234 e. The summed E-state index contributed by atoms with van der Waals surface area (Å²) in [4.78, 5) is 13.0. The summed E-state index contributed by atoms with van der Waals surface area (Å²) in [7, 11) is 0. The van der Waals surface area contributed by atoms with Crippen molar-refractivity contribution in [1.82, 2.24) is 19.8 Å². The van der Waals surface area contributed by atoms with E-state index in [2.05, 4.69) is 20.6 Å². The van der Waals surface area contributed by atoms with Crippen molar-refractivity contribution in [1.29, 1.82) is 0 Å². The van der Waals surface area contributed by atoms with Gasteiger partial charge in [0.1, 0.15) is 5.01 Å². The average molecular weight is 362 g/mol. The third-order valence-corrected chi connectivity index (χ3v) is 5.23. The Morgan fingerprint density at radius 1 is 1.42 bits per heavy atom. The van der Waals surface area contributed by atoms with Crippen molar-refractivity contribution in [3.63, 3.8) is 0 Å². The predicted molar refractivity (Wildman–Crippen MR) is 93.8 cm³/mol. The van der Waals surface area contributed by atoms with Crippen molar-refractivity contribution >= 4 is 39.5 Å². The summed E-state index contributed by atoms with van der Waals surface area (Å²) in [5.74, 6) is 1.41. The van der Waals surface area contributed by atoms with E-state index in [0.717, 1.165) is 39.9 Å². The van der Waals surface area contributed by atoms with Crippen LogP contribution in [0.25, 0.3) is 4.96 Å². The number of aryl methyl sites for hydroxylation is 2. The Morgan fingerprint density at radius 3 is 3.04 bits per heavy atom. The van der Waals surface area contributed by atoms with Gasteiger partial charge in [0.05, 0.1) is 0 Å². The van der Waals surface area contributed by atoms with E-state index in [1.165, 1.54) is 11.3 Å². The van der Waals surface area contributed by atoms with Gasteiger partial charge in [-0.1, -0.05) is 29.0 Å². The number of hydrogen-bond donors (Lipinski definition) is 1. The normalized spacial score (nSPS) is 14.2. The lowest BCUT2D eigenvalue weighted by Gasteiger charge is -2.08. The van der Waals surface area contributed by atoms with Crippen LogP contribution in [0.5, 0.6) is 0 Å². The molecule has 1 aliphatic rings. The first-order valence-corrected chi connectivity index (χ1v) is 9.06. The van der Waals surface area contributed by atoms with Gasteiger partial charge >= 0.3 is 0 Å². The summed E-state index contributed by atoms with van der Waals surface area (Å²) in [5.41, 5.74) is 1.74. The molecule has 24 heavy (non-hydrogen) atoms. The highest BCUT2D eigenvalue weighted by Crippen LogP contribution is 2.39. The molecule has 124 valence electrons. The molecule has 1 N–H and O–H groups in total. The van der Waals surface area contributed by atoms with Crippen LogP contribution in [0, 0.1) is 6.92 Å².